The number of carbonyl (C=O) groups excluding carboxylic acids is 1. The van der Waals surface area contributed by atoms with Gasteiger partial charge in [-0.05, 0) is 68.1 Å². The molecule has 0 radical (unpaired) electrons. The van der Waals surface area contributed by atoms with Gasteiger partial charge in [0, 0.05) is 5.56 Å². The first-order chi connectivity index (χ1) is 14.0. The fraction of sp³-hybridized carbons (Fsp3) is 0.238. The summed E-state index contributed by atoms with van der Waals surface area (Å²) in [6.07, 6.45) is 1.91. The summed E-state index contributed by atoms with van der Waals surface area (Å²) in [7, 11) is 2.67. The van der Waals surface area contributed by atoms with Gasteiger partial charge >= 0.3 is 5.97 Å². The number of nitrogens with zero attached hydrogens (tertiary/aromatic N) is 1. The average molecular weight is 527 g/mol. The molecule has 0 fully saturated rings. The van der Waals surface area contributed by atoms with Crippen LogP contribution < -0.4 is 9.47 Å². The maximum atomic E-state index is 12.1. The predicted molar refractivity (Wildman–Crippen MR) is 120 cm³/mol. The third kappa shape index (κ3) is 6.61. The Morgan fingerprint density at radius 3 is 2.48 bits per heavy atom. The fourth-order valence-electron chi connectivity index (χ4n) is 2.55. The van der Waals surface area contributed by atoms with Gasteiger partial charge in [-0.15, -0.1) is 0 Å². The number of halogens is 2. The summed E-state index contributed by atoms with van der Waals surface area (Å²) >= 11 is 6.71. The molecule has 0 heterocycles. The molecule has 0 aromatic heterocycles. The molecule has 29 heavy (non-hydrogen) atoms. The minimum atomic E-state index is -0.592. The van der Waals surface area contributed by atoms with Crippen LogP contribution in [0.2, 0.25) is 0 Å². The second kappa shape index (κ2) is 11.6. The zero-order valence-corrected chi connectivity index (χ0v) is 19.4. The average Bonchev–Trinajstić information content (AvgIpc) is 2.71. The smallest absolute Gasteiger partial charge is 0.360 e. The predicted octanol–water partition coefficient (Wildman–Crippen LogP) is 5.28. The molecule has 0 unspecified atom stereocenters. The van der Waals surface area contributed by atoms with E-state index >= 15 is 0 Å². The Balaban J connectivity index is 2.32. The van der Waals surface area contributed by atoms with Crippen LogP contribution in [0.5, 0.6) is 11.5 Å². The van der Waals surface area contributed by atoms with Crippen molar-refractivity contribution in [3.8, 4) is 11.5 Å². The lowest BCUT2D eigenvalue weighted by Gasteiger charge is -2.15. The lowest BCUT2D eigenvalue weighted by molar-refractivity contribution is -0.132. The van der Waals surface area contributed by atoms with Crippen LogP contribution in [0.15, 0.2) is 51.0 Å². The van der Waals surface area contributed by atoms with Crippen LogP contribution in [0.25, 0.3) is 6.08 Å². The van der Waals surface area contributed by atoms with Crippen molar-refractivity contribution in [1.29, 1.82) is 0 Å². The fourth-order valence-corrected chi connectivity index (χ4v) is 3.07. The Labute approximate surface area is 186 Å². The van der Waals surface area contributed by atoms with Crippen LogP contribution in [-0.4, -0.2) is 32.5 Å². The molecule has 2 aromatic carbocycles. The van der Waals surface area contributed by atoms with E-state index in [1.807, 2.05) is 43.3 Å². The molecule has 0 amide bonds. The van der Waals surface area contributed by atoms with Crippen LogP contribution in [0.4, 0.5) is 0 Å². The topological polar surface area (TPSA) is 66.3 Å². The van der Waals surface area contributed by atoms with Crippen molar-refractivity contribution in [2.24, 2.45) is 5.16 Å². The van der Waals surface area contributed by atoms with E-state index in [0.29, 0.717) is 23.7 Å². The molecule has 0 spiro atoms. The van der Waals surface area contributed by atoms with Gasteiger partial charge in [-0.2, -0.15) is 0 Å². The number of oxime groups is 1. The quantitative estimate of drug-likeness (QED) is 0.253. The Bertz CT molecular complexity index is 908. The summed E-state index contributed by atoms with van der Waals surface area (Å²) in [4.78, 5) is 16.9. The molecular formula is C21H21Br2NO5. The van der Waals surface area contributed by atoms with E-state index < -0.39 is 5.97 Å². The molecule has 0 saturated heterocycles. The van der Waals surface area contributed by atoms with Gasteiger partial charge in [-0.25, -0.2) is 4.79 Å². The van der Waals surface area contributed by atoms with Crippen molar-refractivity contribution >= 4 is 49.6 Å². The summed E-state index contributed by atoms with van der Waals surface area (Å²) in [6, 6.07) is 12.9. The monoisotopic (exact) mass is 525 g/mol. The van der Waals surface area contributed by atoms with E-state index in [1.165, 1.54) is 14.2 Å². The molecule has 154 valence electrons. The Kier molecular flexibility index (Phi) is 9.21. The Morgan fingerprint density at radius 2 is 1.83 bits per heavy atom. The first-order valence-electron chi connectivity index (χ1n) is 8.70. The highest BCUT2D eigenvalue weighted by Crippen LogP contribution is 2.31. The minimum absolute atomic E-state index is 0.0712. The van der Waals surface area contributed by atoms with Crippen molar-refractivity contribution in [1.82, 2.24) is 0 Å². The van der Waals surface area contributed by atoms with Gasteiger partial charge in [0.2, 0.25) is 0 Å². The van der Waals surface area contributed by atoms with Gasteiger partial charge in [0.1, 0.15) is 13.7 Å². The highest BCUT2D eigenvalue weighted by Gasteiger charge is 2.19. The van der Waals surface area contributed by atoms with Crippen molar-refractivity contribution in [2.75, 3.05) is 20.8 Å². The summed E-state index contributed by atoms with van der Waals surface area (Å²) in [5.74, 6) is 0.623. The largest absolute Gasteiger partial charge is 0.490 e. The zero-order chi connectivity index (χ0) is 21.2. The Hall–Kier alpha value is -2.32. The number of rotatable bonds is 9. The van der Waals surface area contributed by atoms with Gasteiger partial charge < -0.3 is 19.0 Å². The highest BCUT2D eigenvalue weighted by molar-refractivity contribution is 9.28. The van der Waals surface area contributed by atoms with E-state index in [4.69, 9.17) is 19.0 Å². The number of ether oxygens (including phenoxy) is 3. The molecule has 0 aliphatic carbocycles. The van der Waals surface area contributed by atoms with Gasteiger partial charge in [-0.1, -0.05) is 35.5 Å². The number of esters is 1. The molecular weight excluding hydrogens is 506 g/mol. The highest BCUT2D eigenvalue weighted by atomic mass is 79.9. The molecule has 0 N–H and O–H groups in total. The number of carbonyl (C=O) groups is 1. The van der Waals surface area contributed by atoms with Crippen molar-refractivity contribution in [3.63, 3.8) is 0 Å². The molecule has 6 nitrogen and oxygen atoms in total. The standard InChI is InChI=1S/C21H21Br2NO5/c1-4-28-18-11-14(12-19(22)23)9-10-17(18)29-13-15-7-5-6-8-16(15)20(24-27-3)21(25)26-2/h5-12H,4,13H2,1-3H3/b24-20+. The SMILES string of the molecule is CCOc1cc(C=C(Br)Br)ccc1OCc1ccccc1/C(=N\OC)C(=O)OC. The van der Waals surface area contributed by atoms with Crippen molar-refractivity contribution < 1.29 is 23.8 Å². The van der Waals surface area contributed by atoms with Crippen molar-refractivity contribution in [2.45, 2.75) is 13.5 Å². The number of hydrogen-bond donors (Lipinski definition) is 0. The summed E-state index contributed by atoms with van der Waals surface area (Å²) in [5.41, 5.74) is 2.34. The van der Waals surface area contributed by atoms with E-state index in [0.717, 1.165) is 14.5 Å². The number of benzene rings is 2. The molecule has 8 heteroatoms. The van der Waals surface area contributed by atoms with Gasteiger partial charge in [-0.3, -0.25) is 0 Å². The maximum absolute atomic E-state index is 12.1. The molecule has 0 bridgehead atoms. The van der Waals surface area contributed by atoms with E-state index in [9.17, 15) is 4.79 Å². The molecule has 0 aliphatic rings. The third-order valence-corrected chi connectivity index (χ3v) is 4.22. The molecule has 0 saturated carbocycles. The number of methoxy groups -OCH3 is 1. The first kappa shape index (κ1) is 23.0. The normalized spacial score (nSPS) is 10.9. The minimum Gasteiger partial charge on any atom is -0.490 e. The van der Waals surface area contributed by atoms with Crippen molar-refractivity contribution in [3.05, 3.63) is 62.5 Å². The first-order valence-corrected chi connectivity index (χ1v) is 10.3. The second-order valence-corrected chi connectivity index (χ2v) is 8.41. The number of hydrogen-bond acceptors (Lipinski definition) is 6. The van der Waals surface area contributed by atoms with Crippen LogP contribution >= 0.6 is 31.9 Å². The Morgan fingerprint density at radius 1 is 1.07 bits per heavy atom. The van der Waals surface area contributed by atoms with Gasteiger partial charge in [0.25, 0.3) is 0 Å². The van der Waals surface area contributed by atoms with E-state index in [-0.39, 0.29) is 12.3 Å². The lowest BCUT2D eigenvalue weighted by Crippen LogP contribution is -2.19. The van der Waals surface area contributed by atoms with Crippen LogP contribution in [0.3, 0.4) is 0 Å². The van der Waals surface area contributed by atoms with E-state index in [2.05, 4.69) is 37.0 Å². The zero-order valence-electron chi connectivity index (χ0n) is 16.3. The summed E-state index contributed by atoms with van der Waals surface area (Å²) in [5, 5.41) is 3.81. The van der Waals surface area contributed by atoms with Crippen LogP contribution in [-0.2, 0) is 21.0 Å². The third-order valence-electron chi connectivity index (χ3n) is 3.76. The lowest BCUT2D eigenvalue weighted by atomic mass is 10.0. The summed E-state index contributed by atoms with van der Waals surface area (Å²) < 4.78 is 17.3. The second-order valence-electron chi connectivity index (χ2n) is 5.63. The maximum Gasteiger partial charge on any atom is 0.360 e. The van der Waals surface area contributed by atoms with E-state index in [1.54, 1.807) is 12.1 Å². The molecule has 0 atom stereocenters. The summed E-state index contributed by atoms with van der Waals surface area (Å²) in [6.45, 7) is 2.61. The van der Waals surface area contributed by atoms with Gasteiger partial charge in [0.05, 0.1) is 17.1 Å². The molecule has 2 rings (SSSR count). The molecule has 2 aromatic rings. The van der Waals surface area contributed by atoms with Crippen LogP contribution in [0.1, 0.15) is 23.6 Å². The molecule has 0 aliphatic heterocycles. The van der Waals surface area contributed by atoms with Crippen LogP contribution in [0, 0.1) is 0 Å². The van der Waals surface area contributed by atoms with Gasteiger partial charge in [0.15, 0.2) is 17.2 Å².